The molecular weight excluding hydrogens is 263 g/mol. The van der Waals surface area contributed by atoms with Gasteiger partial charge >= 0.3 is 5.97 Å². The molecule has 5 heteroatoms. The first-order valence-corrected chi connectivity index (χ1v) is 10.0. The van der Waals surface area contributed by atoms with Crippen LogP contribution in [0.5, 0.6) is 0 Å². The van der Waals surface area contributed by atoms with Crippen LogP contribution in [0.3, 0.4) is 0 Å². The number of unbranched alkanes of at least 4 members (excludes halogenated alkanes) is 1. The lowest BCUT2D eigenvalue weighted by Gasteiger charge is -2.15. The monoisotopic (exact) mass is 282 g/mol. The smallest absolute Gasteiger partial charge is 0.333 e. The van der Waals surface area contributed by atoms with Crippen LogP contribution in [0.4, 0.5) is 0 Å². The minimum atomic E-state index is -2.09. The maximum Gasteiger partial charge on any atom is 0.333 e. The highest BCUT2D eigenvalue weighted by Crippen LogP contribution is 2.28. The molecule has 0 aromatic heterocycles. The Morgan fingerprint density at radius 1 is 1.31 bits per heavy atom. The van der Waals surface area contributed by atoms with Crippen molar-refractivity contribution in [1.29, 1.82) is 0 Å². The Bertz CT molecular complexity index is 242. The van der Waals surface area contributed by atoms with Crippen LogP contribution in [-0.2, 0) is 9.53 Å². The molecule has 0 bridgehead atoms. The third-order valence-corrected chi connectivity index (χ3v) is 6.60. The summed E-state index contributed by atoms with van der Waals surface area (Å²) in [6.45, 7) is 5.54. The van der Waals surface area contributed by atoms with Gasteiger partial charge in [-0.1, -0.05) is 26.3 Å². The number of ether oxygens (including phenoxy) is 1. The molecule has 0 aromatic carbocycles. The maximum atomic E-state index is 11.1. The first kappa shape index (κ1) is 16.0. The second-order valence-electron chi connectivity index (χ2n) is 3.98. The largest absolute Gasteiger partial charge is 0.462 e. The predicted octanol–water partition coefficient (Wildman–Crippen LogP) is 4.22. The molecule has 0 spiro atoms. The van der Waals surface area contributed by atoms with Crippen molar-refractivity contribution in [2.45, 2.75) is 45.2 Å². The maximum absolute atomic E-state index is 11.1. The van der Waals surface area contributed by atoms with E-state index in [4.69, 9.17) is 26.9 Å². The average molecular weight is 283 g/mol. The lowest BCUT2D eigenvalue weighted by atomic mass is 10.4. The Hall–Kier alpha value is 0.00688. The molecule has 0 aliphatic rings. The second kappa shape index (κ2) is 8.15. The van der Waals surface area contributed by atoms with E-state index in [9.17, 15) is 4.79 Å². The van der Waals surface area contributed by atoms with Gasteiger partial charge in [0.25, 0.3) is 6.69 Å². The van der Waals surface area contributed by atoms with E-state index < -0.39 is 6.69 Å². The molecule has 0 amide bonds. The van der Waals surface area contributed by atoms with Crippen LogP contribution in [0, 0.1) is 0 Å². The lowest BCUT2D eigenvalue weighted by molar-refractivity contribution is -0.138. The minimum absolute atomic E-state index is 0.343. The molecule has 0 aliphatic carbocycles. The Morgan fingerprint density at radius 2 is 1.88 bits per heavy atom. The van der Waals surface area contributed by atoms with Crippen LogP contribution in [0.25, 0.3) is 0 Å². The Morgan fingerprint density at radius 3 is 2.38 bits per heavy atom. The summed E-state index contributed by atoms with van der Waals surface area (Å²) in [5.74, 6) is -0.343. The molecule has 0 atom stereocenters. The molecular formula is C11H20Cl2O2Si. The summed E-state index contributed by atoms with van der Waals surface area (Å²) < 4.78 is 4.97. The summed E-state index contributed by atoms with van der Waals surface area (Å²) in [5, 5.41) is 0. The fourth-order valence-electron chi connectivity index (χ4n) is 1.18. The van der Waals surface area contributed by atoms with Crippen molar-refractivity contribution in [2.75, 3.05) is 6.61 Å². The highest BCUT2D eigenvalue weighted by Gasteiger charge is 2.26. The first-order valence-electron chi connectivity index (χ1n) is 5.59. The van der Waals surface area contributed by atoms with E-state index in [-0.39, 0.29) is 5.97 Å². The van der Waals surface area contributed by atoms with E-state index in [0.29, 0.717) is 12.2 Å². The van der Waals surface area contributed by atoms with Crippen molar-refractivity contribution in [3.05, 3.63) is 12.2 Å². The number of hydrogen-bond donors (Lipinski definition) is 0. The molecule has 0 fully saturated rings. The summed E-state index contributed by atoms with van der Waals surface area (Å²) in [6, 6.07) is 1.70. The van der Waals surface area contributed by atoms with E-state index >= 15 is 0 Å². The molecule has 0 saturated carbocycles. The highest BCUT2D eigenvalue weighted by molar-refractivity contribution is 7.45. The predicted molar refractivity (Wildman–Crippen MR) is 72.4 cm³/mol. The van der Waals surface area contributed by atoms with E-state index in [1.807, 2.05) is 0 Å². The van der Waals surface area contributed by atoms with Gasteiger partial charge in [-0.05, 0) is 25.4 Å². The van der Waals surface area contributed by atoms with Crippen LogP contribution < -0.4 is 0 Å². The molecule has 94 valence electrons. The van der Waals surface area contributed by atoms with Crippen LogP contribution in [0.1, 0.15) is 33.1 Å². The zero-order chi connectivity index (χ0) is 12.6. The highest BCUT2D eigenvalue weighted by atomic mass is 35.7. The third kappa shape index (κ3) is 8.19. The molecule has 0 radical (unpaired) electrons. The topological polar surface area (TPSA) is 26.3 Å². The van der Waals surface area contributed by atoms with Crippen LogP contribution in [0.15, 0.2) is 12.2 Å². The number of rotatable bonds is 8. The number of hydrogen-bond acceptors (Lipinski definition) is 2. The van der Waals surface area contributed by atoms with Crippen LogP contribution in [-0.4, -0.2) is 19.3 Å². The van der Waals surface area contributed by atoms with E-state index in [2.05, 4.69) is 13.5 Å². The second-order valence-corrected chi connectivity index (χ2v) is 11.6. The van der Waals surface area contributed by atoms with Gasteiger partial charge in [0, 0.05) is 5.57 Å². The minimum Gasteiger partial charge on any atom is -0.462 e. The normalized spacial score (nSPS) is 11.2. The van der Waals surface area contributed by atoms with Gasteiger partial charge in [0.2, 0.25) is 0 Å². The molecule has 0 saturated heterocycles. The Labute approximate surface area is 108 Å². The zero-order valence-electron chi connectivity index (χ0n) is 10.0. The van der Waals surface area contributed by atoms with E-state index in [1.165, 1.54) is 0 Å². The van der Waals surface area contributed by atoms with E-state index in [1.54, 1.807) is 6.92 Å². The molecule has 0 unspecified atom stereocenters. The standard InChI is InChI=1S/C11H20Cl2O2Si/c1-4-5-8-16(12,13)9-6-7-15-11(14)10(2)3/h2,4-9H2,1,3H3. The summed E-state index contributed by atoms with van der Waals surface area (Å²) in [5.41, 5.74) is 0.422. The quantitative estimate of drug-likeness (QED) is 0.219. The van der Waals surface area contributed by atoms with Crippen molar-refractivity contribution in [3.8, 4) is 0 Å². The van der Waals surface area contributed by atoms with Gasteiger partial charge in [-0.15, -0.1) is 22.2 Å². The molecule has 0 aliphatic heterocycles. The fraction of sp³-hybridized carbons (Fsp3) is 0.727. The summed E-state index contributed by atoms with van der Waals surface area (Å²) in [4.78, 5) is 11.1. The molecule has 16 heavy (non-hydrogen) atoms. The van der Waals surface area contributed by atoms with Gasteiger partial charge in [0.05, 0.1) is 6.61 Å². The SMILES string of the molecule is C=C(C)C(=O)OCCC[Si](Cl)(Cl)CCCC. The Kier molecular flexibility index (Phi) is 8.15. The van der Waals surface area contributed by atoms with Gasteiger partial charge in [0.1, 0.15) is 0 Å². The van der Waals surface area contributed by atoms with Crippen molar-refractivity contribution < 1.29 is 9.53 Å². The molecule has 0 aromatic rings. The van der Waals surface area contributed by atoms with Gasteiger partial charge < -0.3 is 4.74 Å². The summed E-state index contributed by atoms with van der Waals surface area (Å²) in [7, 11) is 0. The third-order valence-electron chi connectivity index (χ3n) is 2.16. The van der Waals surface area contributed by atoms with Crippen LogP contribution >= 0.6 is 22.2 Å². The van der Waals surface area contributed by atoms with Gasteiger partial charge in [-0.3, -0.25) is 0 Å². The molecule has 0 rings (SSSR count). The number of carbonyl (C=O) groups excluding carboxylic acids is 1. The summed E-state index contributed by atoms with van der Waals surface area (Å²) >= 11 is 12.5. The zero-order valence-corrected chi connectivity index (χ0v) is 12.5. The van der Waals surface area contributed by atoms with Gasteiger partial charge in [-0.2, -0.15) is 0 Å². The lowest BCUT2D eigenvalue weighted by Crippen LogP contribution is -2.19. The fourth-order valence-corrected chi connectivity index (χ4v) is 4.57. The van der Waals surface area contributed by atoms with Crippen molar-refractivity contribution in [3.63, 3.8) is 0 Å². The molecule has 0 heterocycles. The molecule has 2 nitrogen and oxygen atoms in total. The van der Waals surface area contributed by atoms with Crippen LogP contribution in [0.2, 0.25) is 12.1 Å². The van der Waals surface area contributed by atoms with Crippen molar-refractivity contribution >= 4 is 34.8 Å². The number of esters is 1. The molecule has 0 N–H and O–H groups in total. The van der Waals surface area contributed by atoms with Gasteiger partial charge in [0.15, 0.2) is 0 Å². The van der Waals surface area contributed by atoms with Gasteiger partial charge in [-0.25, -0.2) is 4.79 Å². The van der Waals surface area contributed by atoms with E-state index in [0.717, 1.165) is 31.4 Å². The van der Waals surface area contributed by atoms with Crippen molar-refractivity contribution in [1.82, 2.24) is 0 Å². The number of carbonyl (C=O) groups is 1. The average Bonchev–Trinajstić information content (AvgIpc) is 2.21. The summed E-state index contributed by atoms with van der Waals surface area (Å²) in [6.07, 6.45) is 2.92. The Balaban J connectivity index is 3.64. The first-order chi connectivity index (χ1) is 7.39. The van der Waals surface area contributed by atoms with Crippen molar-refractivity contribution in [2.24, 2.45) is 0 Å². The number of halogens is 2.